The van der Waals surface area contributed by atoms with E-state index in [1.165, 1.54) is 27.8 Å². The number of hydrogen-bond acceptors (Lipinski definition) is 3. The Labute approximate surface area is 201 Å². The van der Waals surface area contributed by atoms with Gasteiger partial charge in [-0.05, 0) is 23.1 Å². The average Bonchev–Trinajstić information content (AvgIpc) is 3.15. The Hall–Kier alpha value is -3.24. The van der Waals surface area contributed by atoms with Gasteiger partial charge in [0, 0.05) is 37.0 Å². The third-order valence-electron chi connectivity index (χ3n) is 6.12. The minimum atomic E-state index is 0.522. The number of nitrogens with zero attached hydrogens (tertiary/aromatic N) is 3. The van der Waals surface area contributed by atoms with E-state index in [2.05, 4.69) is 109 Å². The number of fused-ring (bicyclic) bond motifs is 3. The Morgan fingerprint density at radius 1 is 0.848 bits per heavy atom. The molecule has 1 aromatic heterocycles. The monoisotopic (exact) mass is 451 g/mol. The number of aromatic nitrogens is 1. The topological polar surface area (TPSA) is 19.4 Å². The van der Waals surface area contributed by atoms with E-state index < -0.39 is 0 Å². The fourth-order valence-corrected chi connectivity index (χ4v) is 5.01. The van der Waals surface area contributed by atoms with Crippen LogP contribution < -0.4 is 9.80 Å². The van der Waals surface area contributed by atoms with Crippen molar-refractivity contribution in [1.29, 1.82) is 0 Å². The molecule has 4 heteroatoms. The van der Waals surface area contributed by atoms with E-state index in [1.807, 2.05) is 0 Å². The molecule has 3 aromatic carbocycles. The Morgan fingerprint density at radius 3 is 2.03 bits per heavy atom. The highest BCUT2D eigenvalue weighted by Crippen LogP contribution is 2.42. The molecule has 5 rings (SSSR count). The van der Waals surface area contributed by atoms with Gasteiger partial charge in [-0.2, -0.15) is 0 Å². The smallest absolute Gasteiger partial charge is 0.135 e. The van der Waals surface area contributed by atoms with Crippen LogP contribution >= 0.6 is 12.2 Å². The molecule has 0 saturated carbocycles. The molecule has 1 aliphatic rings. The zero-order valence-electron chi connectivity index (χ0n) is 19.2. The number of para-hydroxylation sites is 1. The number of benzene rings is 3. The lowest BCUT2D eigenvalue weighted by molar-refractivity contribution is 0.661. The molecule has 0 bridgehead atoms. The van der Waals surface area contributed by atoms with Crippen LogP contribution in [0.2, 0.25) is 0 Å². The first kappa shape index (κ1) is 21.6. The highest BCUT2D eigenvalue weighted by molar-refractivity contribution is 7.80. The van der Waals surface area contributed by atoms with Gasteiger partial charge in [0.15, 0.2) is 0 Å². The predicted octanol–water partition coefficient (Wildman–Crippen LogP) is 6.79. The summed E-state index contributed by atoms with van der Waals surface area (Å²) in [5.74, 6) is 1.57. The molecule has 1 aliphatic heterocycles. The number of rotatable bonds is 7. The number of thiocarbonyl (C=S) groups is 1. The summed E-state index contributed by atoms with van der Waals surface area (Å²) in [5, 5.41) is 1.19. The van der Waals surface area contributed by atoms with E-state index in [-0.39, 0.29) is 0 Å². The van der Waals surface area contributed by atoms with Crippen molar-refractivity contribution in [1.82, 2.24) is 4.98 Å². The zero-order chi connectivity index (χ0) is 22.8. The number of anilines is 2. The van der Waals surface area contributed by atoms with Crippen molar-refractivity contribution in [3.05, 3.63) is 102 Å². The van der Waals surface area contributed by atoms with Gasteiger partial charge in [-0.25, -0.2) is 4.98 Å². The van der Waals surface area contributed by atoms with Crippen LogP contribution in [0.15, 0.2) is 84.9 Å². The van der Waals surface area contributed by atoms with Gasteiger partial charge in [0.25, 0.3) is 0 Å². The summed E-state index contributed by atoms with van der Waals surface area (Å²) >= 11 is 5.91. The van der Waals surface area contributed by atoms with Crippen LogP contribution in [0.25, 0.3) is 10.9 Å². The minimum Gasteiger partial charge on any atom is -0.348 e. The van der Waals surface area contributed by atoms with Gasteiger partial charge in [0.05, 0.1) is 16.2 Å². The van der Waals surface area contributed by atoms with E-state index >= 15 is 0 Å². The first-order valence-corrected chi connectivity index (χ1v) is 12.1. The molecule has 3 nitrogen and oxygen atoms in total. The van der Waals surface area contributed by atoms with Crippen LogP contribution in [-0.2, 0) is 19.5 Å². The molecular weight excluding hydrogens is 422 g/mol. The Morgan fingerprint density at radius 2 is 1.42 bits per heavy atom. The quantitative estimate of drug-likeness (QED) is 0.288. The lowest BCUT2D eigenvalue weighted by atomic mass is 10.1. The largest absolute Gasteiger partial charge is 0.348 e. The fraction of sp³-hybridized carbons (Fsp3) is 0.241. The highest BCUT2D eigenvalue weighted by Gasteiger charge is 2.32. The normalized spacial score (nSPS) is 13.1. The molecule has 0 amide bonds. The van der Waals surface area contributed by atoms with E-state index in [9.17, 15) is 0 Å². The van der Waals surface area contributed by atoms with Gasteiger partial charge in [-0.3, -0.25) is 0 Å². The lowest BCUT2D eigenvalue weighted by Crippen LogP contribution is -2.29. The van der Waals surface area contributed by atoms with Crippen LogP contribution in [-0.4, -0.2) is 16.5 Å². The van der Waals surface area contributed by atoms with Crippen LogP contribution in [0, 0.1) is 5.92 Å². The first-order chi connectivity index (χ1) is 16.1. The molecule has 0 N–H and O–H groups in total. The Kier molecular flexibility index (Phi) is 6.10. The van der Waals surface area contributed by atoms with Gasteiger partial charge in [-0.15, -0.1) is 0 Å². The van der Waals surface area contributed by atoms with Crippen LogP contribution in [0.3, 0.4) is 0 Å². The lowest BCUT2D eigenvalue weighted by Gasteiger charge is -2.28. The summed E-state index contributed by atoms with van der Waals surface area (Å²) in [6, 6.07) is 29.8. The molecule has 0 spiro atoms. The van der Waals surface area contributed by atoms with Crippen LogP contribution in [0.1, 0.15) is 30.5 Å². The van der Waals surface area contributed by atoms with Gasteiger partial charge < -0.3 is 9.80 Å². The van der Waals surface area contributed by atoms with Crippen molar-refractivity contribution in [2.45, 2.75) is 33.4 Å². The van der Waals surface area contributed by atoms with Gasteiger partial charge in [-0.1, -0.05) is 105 Å². The SMILES string of the molecule is CC(C)CN1C(=S)Cc2c(N(Cc3ccccc3)Cc3ccccc3)nc3ccccc3c21. The number of pyridine rings is 1. The van der Waals surface area contributed by atoms with Crippen molar-refractivity contribution in [2.24, 2.45) is 5.92 Å². The van der Waals surface area contributed by atoms with E-state index in [1.54, 1.807) is 0 Å². The maximum atomic E-state index is 5.91. The van der Waals surface area contributed by atoms with Crippen LogP contribution in [0.4, 0.5) is 11.5 Å². The molecule has 33 heavy (non-hydrogen) atoms. The van der Waals surface area contributed by atoms with Crippen molar-refractivity contribution in [3.63, 3.8) is 0 Å². The highest BCUT2D eigenvalue weighted by atomic mass is 32.1. The summed E-state index contributed by atoms with van der Waals surface area (Å²) < 4.78 is 0. The molecule has 0 saturated heterocycles. The molecule has 2 heterocycles. The Bertz CT molecular complexity index is 1230. The van der Waals surface area contributed by atoms with E-state index in [0.29, 0.717) is 5.92 Å². The van der Waals surface area contributed by atoms with Crippen molar-refractivity contribution in [2.75, 3.05) is 16.3 Å². The van der Waals surface area contributed by atoms with E-state index in [4.69, 9.17) is 17.2 Å². The number of hydrogen-bond donors (Lipinski definition) is 0. The summed E-state index contributed by atoms with van der Waals surface area (Å²) in [6.07, 6.45) is 0.768. The van der Waals surface area contributed by atoms with Gasteiger partial charge >= 0.3 is 0 Å². The molecule has 0 unspecified atom stereocenters. The summed E-state index contributed by atoms with van der Waals surface area (Å²) in [4.78, 5) is 11.0. The second kappa shape index (κ2) is 9.32. The van der Waals surface area contributed by atoms with Crippen molar-refractivity contribution in [3.8, 4) is 0 Å². The minimum absolute atomic E-state index is 0.522. The molecule has 0 aliphatic carbocycles. The van der Waals surface area contributed by atoms with Gasteiger partial charge in [0.2, 0.25) is 0 Å². The molecule has 166 valence electrons. The predicted molar refractivity (Wildman–Crippen MR) is 143 cm³/mol. The molecule has 0 fully saturated rings. The summed E-state index contributed by atoms with van der Waals surface area (Å²) in [5.41, 5.74) is 6.08. The second-order valence-electron chi connectivity index (χ2n) is 9.18. The van der Waals surface area contributed by atoms with E-state index in [0.717, 1.165) is 42.4 Å². The fourth-order valence-electron chi connectivity index (χ4n) is 4.70. The maximum Gasteiger partial charge on any atom is 0.135 e. The second-order valence-corrected chi connectivity index (χ2v) is 9.65. The molecule has 0 radical (unpaired) electrons. The van der Waals surface area contributed by atoms with Crippen LogP contribution in [0.5, 0.6) is 0 Å². The first-order valence-electron chi connectivity index (χ1n) is 11.6. The summed E-state index contributed by atoms with van der Waals surface area (Å²) in [7, 11) is 0. The van der Waals surface area contributed by atoms with Crippen molar-refractivity contribution < 1.29 is 0 Å². The average molecular weight is 452 g/mol. The molecule has 0 atom stereocenters. The maximum absolute atomic E-state index is 5.91. The van der Waals surface area contributed by atoms with Gasteiger partial charge in [0.1, 0.15) is 5.82 Å². The summed E-state index contributed by atoms with van der Waals surface area (Å²) in [6.45, 7) is 7.02. The molecular formula is C29H29N3S. The third-order valence-corrected chi connectivity index (χ3v) is 6.48. The standard InChI is InChI=1S/C29H29N3S/c1-21(2)18-32-27(33)17-25-28(32)24-15-9-10-16-26(24)30-29(25)31(19-22-11-5-3-6-12-22)20-23-13-7-4-8-14-23/h3-16,21H,17-20H2,1-2H3. The Balaban J connectivity index is 1.67. The molecule has 4 aromatic rings. The van der Waals surface area contributed by atoms with Crippen molar-refractivity contribution >= 4 is 39.6 Å². The third kappa shape index (κ3) is 4.49. The zero-order valence-corrected chi connectivity index (χ0v) is 20.1.